The number of benzene rings is 7. The number of pyridine rings is 1. The van der Waals surface area contributed by atoms with Crippen molar-refractivity contribution in [1.82, 2.24) is 14.1 Å². The van der Waals surface area contributed by atoms with Gasteiger partial charge in [-0.2, -0.15) is 35.6 Å². The Morgan fingerprint density at radius 1 is 0.618 bits per heavy atom. The van der Waals surface area contributed by atoms with Crippen LogP contribution in [-0.2, 0) is 36.4 Å². The van der Waals surface area contributed by atoms with Crippen molar-refractivity contribution in [3.63, 3.8) is 0 Å². The van der Waals surface area contributed by atoms with Crippen molar-refractivity contribution in [3.05, 3.63) is 199 Å². The van der Waals surface area contributed by atoms with Gasteiger partial charge in [-0.25, -0.2) is 0 Å². The Bertz CT molecular complexity index is 3540. The average molecular weight is 1060 g/mol. The summed E-state index contributed by atoms with van der Waals surface area (Å²) in [6, 6.07) is 61.4. The van der Waals surface area contributed by atoms with E-state index < -0.39 is 0 Å². The first-order chi connectivity index (χ1) is 32.1. The van der Waals surface area contributed by atoms with Gasteiger partial charge in [0.1, 0.15) is 17.3 Å². The fraction of sp³-hybridized carbons (Fsp3) is 0.197. The maximum atomic E-state index is 10.7. The second kappa shape index (κ2) is 17.5. The molecule has 11 aromatic rings. The van der Waals surface area contributed by atoms with Crippen molar-refractivity contribution in [2.45, 2.75) is 78.6 Å². The van der Waals surface area contributed by atoms with E-state index >= 15 is 0 Å². The van der Waals surface area contributed by atoms with Gasteiger partial charge in [0.15, 0.2) is 0 Å². The first-order valence-electron chi connectivity index (χ1n) is 22.9. The molecule has 0 spiro atoms. The predicted molar refractivity (Wildman–Crippen MR) is 273 cm³/mol. The molecular weight excluding hydrogens is 1010 g/mol. The molecule has 7 heteroatoms. The minimum atomic E-state index is -0.168. The van der Waals surface area contributed by atoms with Crippen LogP contribution in [0, 0.1) is 29.8 Å². The van der Waals surface area contributed by atoms with Crippen LogP contribution < -0.4 is 4.57 Å². The molecule has 0 radical (unpaired) electrons. The minimum absolute atomic E-state index is 0. The zero-order chi connectivity index (χ0) is 46.8. The van der Waals surface area contributed by atoms with Gasteiger partial charge in [-0.15, -0.1) is 17.7 Å². The number of para-hydroxylation sites is 4. The molecule has 11 rings (SSSR count). The maximum Gasteiger partial charge on any atom is 3.00 e. The molecule has 0 fully saturated rings. The van der Waals surface area contributed by atoms with E-state index in [1.807, 2.05) is 77.4 Å². The van der Waals surface area contributed by atoms with E-state index in [1.54, 1.807) is 6.20 Å². The molecule has 4 aromatic heterocycles. The summed E-state index contributed by atoms with van der Waals surface area (Å²) in [4.78, 5) is 4.67. The van der Waals surface area contributed by atoms with Crippen LogP contribution in [-0.4, -0.2) is 14.1 Å². The van der Waals surface area contributed by atoms with Crippen molar-refractivity contribution in [2.75, 3.05) is 0 Å². The fourth-order valence-corrected chi connectivity index (χ4v) is 9.20. The van der Waals surface area contributed by atoms with E-state index in [-0.39, 0.29) is 36.4 Å². The van der Waals surface area contributed by atoms with Gasteiger partial charge in [0.05, 0.1) is 38.9 Å². The van der Waals surface area contributed by atoms with Crippen molar-refractivity contribution >= 4 is 54.8 Å². The summed E-state index contributed by atoms with van der Waals surface area (Å²) in [5, 5.41) is 15.0. The van der Waals surface area contributed by atoms with Crippen LogP contribution in [0.3, 0.4) is 0 Å². The molecule has 0 saturated heterocycles. The van der Waals surface area contributed by atoms with Crippen LogP contribution >= 0.6 is 0 Å². The molecule has 0 N–H and O–H groups in total. The van der Waals surface area contributed by atoms with E-state index in [0.717, 1.165) is 83.1 Å². The molecule has 0 aliphatic heterocycles. The third kappa shape index (κ3) is 8.12. The number of furan rings is 1. The summed E-state index contributed by atoms with van der Waals surface area (Å²) in [6.07, 6.45) is 5.22. The number of fused-ring (bicyclic) bond motifs is 7. The molecule has 7 aromatic carbocycles. The van der Waals surface area contributed by atoms with E-state index in [2.05, 4.69) is 180 Å². The molecule has 0 amide bonds. The zero-order valence-electron chi connectivity index (χ0n) is 40.0. The Morgan fingerprint density at radius 3 is 1.85 bits per heavy atom. The van der Waals surface area contributed by atoms with Crippen molar-refractivity contribution in [3.8, 4) is 34.4 Å². The van der Waals surface area contributed by atoms with Gasteiger partial charge >= 0.3 is 20.1 Å². The second-order valence-electron chi connectivity index (χ2n) is 20.4. The first kappa shape index (κ1) is 46.0. The Labute approximate surface area is 412 Å². The summed E-state index contributed by atoms with van der Waals surface area (Å²) < 4.78 is 13.4. The summed E-state index contributed by atoms with van der Waals surface area (Å²) in [5.74, 6) is 0. The van der Waals surface area contributed by atoms with E-state index in [0.29, 0.717) is 11.1 Å². The van der Waals surface area contributed by atoms with Gasteiger partial charge in [-0.05, 0) is 75.2 Å². The molecule has 4 heterocycles. The van der Waals surface area contributed by atoms with E-state index in [4.69, 9.17) is 4.42 Å². The van der Waals surface area contributed by atoms with Gasteiger partial charge in [0.25, 0.3) is 6.33 Å². The summed E-state index contributed by atoms with van der Waals surface area (Å²) in [5.41, 5.74) is 14.2. The Balaban J connectivity index is 0.000000218. The third-order valence-electron chi connectivity index (χ3n) is 12.8. The number of nitriles is 1. The predicted octanol–water partition coefficient (Wildman–Crippen LogP) is 14.8. The quantitative estimate of drug-likeness (QED) is 0.130. The van der Waals surface area contributed by atoms with Crippen LogP contribution in [0.25, 0.3) is 83.1 Å². The molecule has 336 valence electrons. The third-order valence-corrected chi connectivity index (χ3v) is 12.8. The molecule has 6 nitrogen and oxygen atoms in total. The maximum absolute atomic E-state index is 10.7. The van der Waals surface area contributed by atoms with Gasteiger partial charge in [-0.3, -0.25) is 4.57 Å². The molecular formula is C61H53IrN5O+. The molecule has 0 unspecified atom stereocenters. The van der Waals surface area contributed by atoms with Crippen LogP contribution in [0.1, 0.15) is 84.6 Å². The molecule has 0 bridgehead atoms. The summed E-state index contributed by atoms with van der Waals surface area (Å²) in [7, 11) is 0. The molecule has 0 aliphatic carbocycles. The van der Waals surface area contributed by atoms with Crippen LogP contribution in [0.15, 0.2) is 162 Å². The van der Waals surface area contributed by atoms with Gasteiger partial charge in [-0.1, -0.05) is 158 Å². The topological polar surface area (TPSA) is 63.6 Å². The molecule has 0 aliphatic rings. The second-order valence-corrected chi connectivity index (χ2v) is 20.4. The average Bonchev–Trinajstić information content (AvgIpc) is 4.01. The monoisotopic (exact) mass is 1060 g/mol. The van der Waals surface area contributed by atoms with Crippen molar-refractivity contribution in [1.29, 1.82) is 5.26 Å². The largest absolute Gasteiger partial charge is 3.00 e. The number of aromatic nitrogens is 4. The number of hydrogen-bond acceptors (Lipinski definition) is 3. The van der Waals surface area contributed by atoms with Crippen LogP contribution in [0.4, 0.5) is 0 Å². The van der Waals surface area contributed by atoms with Crippen molar-refractivity contribution in [2.24, 2.45) is 0 Å². The normalized spacial score (nSPS) is 12.1. The zero-order valence-corrected chi connectivity index (χ0v) is 42.4. The first-order valence-corrected chi connectivity index (χ1v) is 22.9. The Kier molecular flexibility index (Phi) is 11.9. The van der Waals surface area contributed by atoms with Gasteiger partial charge < -0.3 is 18.5 Å². The minimum Gasteiger partial charge on any atom is -0.498 e. The van der Waals surface area contributed by atoms with E-state index in [1.165, 1.54) is 11.1 Å². The SMILES string of the molecule is CC(C)(C)c1ccc2c3ccc(C(C)(C)C)cc3n(-c3c(C#N)ccc4c3oc3c(-c5ccccn5)[c-]cc(C(C)(C)C)c34)c2c1.[Ir+3].[c-]1ccccc1-n1[c-][n+](-c2ccccc2)c2ccccc21. The number of nitrogens with zero attached hydrogens (tertiary/aromatic N) is 5. The standard InChI is InChI=1S/C42H40N3O.C19H13N2.Ir/c1-40(2,3)26-14-17-28-29-18-15-27(41(4,5)6)23-35(29)45(34(28)22-26)37-25(24-43)13-16-31-36-32(42(7,8)9)20-19-30(38(36)46-39(31)37)33-12-10-11-21-44-33;1-3-9-16(10-4-1)20-15-21(17-11-5-2-6-12-17)19-14-8-7-13-18(19)20;/h10-18,20-23H,1-9H3;1-11,13-14H;/q2*-1;+3. The molecule has 0 saturated carbocycles. The molecule has 0 atom stereocenters. The van der Waals surface area contributed by atoms with Gasteiger partial charge in [0, 0.05) is 22.4 Å². The number of rotatable bonds is 4. The van der Waals surface area contributed by atoms with Crippen LogP contribution in [0.5, 0.6) is 0 Å². The number of hydrogen-bond donors (Lipinski definition) is 0. The Hall–Kier alpha value is -7.10. The number of imidazole rings is 1. The van der Waals surface area contributed by atoms with E-state index in [9.17, 15) is 5.26 Å². The summed E-state index contributed by atoms with van der Waals surface area (Å²) >= 11 is 0. The smallest absolute Gasteiger partial charge is 0.498 e. The summed E-state index contributed by atoms with van der Waals surface area (Å²) in [6.45, 7) is 20.1. The van der Waals surface area contributed by atoms with Gasteiger partial charge in [0.2, 0.25) is 0 Å². The Morgan fingerprint density at radius 2 is 1.25 bits per heavy atom. The van der Waals surface area contributed by atoms with Crippen LogP contribution in [0.2, 0.25) is 0 Å². The molecule has 68 heavy (non-hydrogen) atoms. The fourth-order valence-electron chi connectivity index (χ4n) is 9.20. The van der Waals surface area contributed by atoms with Crippen molar-refractivity contribution < 1.29 is 29.1 Å².